The van der Waals surface area contributed by atoms with Crippen molar-refractivity contribution in [3.05, 3.63) is 63.5 Å². The number of aromatic nitrogens is 4. The maximum Gasteiger partial charge on any atom is 0.357 e. The highest BCUT2D eigenvalue weighted by Crippen LogP contribution is 2.22. The van der Waals surface area contributed by atoms with E-state index in [9.17, 15) is 9.59 Å². The average Bonchev–Trinajstić information content (AvgIpc) is 3.11. The van der Waals surface area contributed by atoms with Crippen molar-refractivity contribution in [2.45, 2.75) is 13.5 Å². The van der Waals surface area contributed by atoms with E-state index < -0.39 is 11.9 Å². The molecule has 1 amide bonds. The van der Waals surface area contributed by atoms with Crippen molar-refractivity contribution in [1.82, 2.24) is 19.6 Å². The van der Waals surface area contributed by atoms with E-state index in [2.05, 4.69) is 37.5 Å². The van der Waals surface area contributed by atoms with Gasteiger partial charge in [0.25, 0.3) is 5.91 Å². The van der Waals surface area contributed by atoms with Crippen LogP contribution < -0.4 is 5.32 Å². The first-order valence-corrected chi connectivity index (χ1v) is 8.49. The van der Waals surface area contributed by atoms with Gasteiger partial charge in [0.2, 0.25) is 0 Å². The van der Waals surface area contributed by atoms with Gasteiger partial charge in [0.1, 0.15) is 0 Å². The highest BCUT2D eigenvalue weighted by atomic mass is 79.9. The molecule has 0 aliphatic heterocycles. The molecule has 2 aromatic heterocycles. The van der Waals surface area contributed by atoms with Crippen LogP contribution in [0.3, 0.4) is 0 Å². The monoisotopic (exact) mass is 417 g/mol. The van der Waals surface area contributed by atoms with Crippen LogP contribution in [0.2, 0.25) is 0 Å². The summed E-state index contributed by atoms with van der Waals surface area (Å²) in [7, 11) is 1.55. The second-order valence-corrected chi connectivity index (χ2v) is 6.69. The molecule has 3 aromatic rings. The van der Waals surface area contributed by atoms with E-state index in [4.69, 9.17) is 5.11 Å². The third kappa shape index (κ3) is 3.83. The number of carbonyl (C=O) groups excluding carboxylic acids is 1. The molecule has 0 atom stereocenters. The van der Waals surface area contributed by atoms with Gasteiger partial charge in [-0.1, -0.05) is 29.8 Å². The minimum absolute atomic E-state index is 0.0277. The van der Waals surface area contributed by atoms with E-state index in [1.54, 1.807) is 17.9 Å². The summed E-state index contributed by atoms with van der Waals surface area (Å²) in [6.45, 7) is 2.56. The lowest BCUT2D eigenvalue weighted by Gasteiger charge is -2.03. The minimum atomic E-state index is -1.26. The largest absolute Gasteiger partial charge is 0.476 e. The molecular formula is C17H16BrN5O3. The number of rotatable bonds is 5. The van der Waals surface area contributed by atoms with Crippen LogP contribution >= 0.6 is 15.9 Å². The van der Waals surface area contributed by atoms with Crippen molar-refractivity contribution in [2.24, 2.45) is 7.05 Å². The minimum Gasteiger partial charge on any atom is -0.476 e. The van der Waals surface area contributed by atoms with Gasteiger partial charge in [-0.2, -0.15) is 10.2 Å². The van der Waals surface area contributed by atoms with Gasteiger partial charge in [0.05, 0.1) is 16.6 Å². The van der Waals surface area contributed by atoms with Gasteiger partial charge in [-0.05, 0) is 28.4 Å². The van der Waals surface area contributed by atoms with Crippen molar-refractivity contribution < 1.29 is 14.7 Å². The number of carboxylic acid groups (broad SMARTS) is 1. The zero-order valence-electron chi connectivity index (χ0n) is 14.1. The third-order valence-electron chi connectivity index (χ3n) is 3.65. The number of amides is 1. The third-order valence-corrected chi connectivity index (χ3v) is 4.23. The van der Waals surface area contributed by atoms with Crippen LogP contribution in [0.4, 0.5) is 5.82 Å². The van der Waals surface area contributed by atoms with Gasteiger partial charge < -0.3 is 10.4 Å². The second kappa shape index (κ2) is 7.12. The molecule has 2 heterocycles. The number of aryl methyl sites for hydroxylation is 2. The summed E-state index contributed by atoms with van der Waals surface area (Å²) in [4.78, 5) is 23.6. The van der Waals surface area contributed by atoms with Gasteiger partial charge in [0, 0.05) is 19.4 Å². The normalized spacial score (nSPS) is 10.7. The molecule has 0 aliphatic rings. The van der Waals surface area contributed by atoms with Gasteiger partial charge in [-0.3, -0.25) is 14.2 Å². The van der Waals surface area contributed by atoms with Crippen LogP contribution in [0.15, 0.2) is 41.1 Å². The fraction of sp³-hybridized carbons (Fsp3) is 0.176. The molecule has 0 aliphatic carbocycles. The SMILES string of the molecule is Cc1cccc(Cn2cc(Br)c(NC(=O)c3cn(C)nc3C(=O)O)n2)c1. The molecule has 0 saturated heterocycles. The Kier molecular flexibility index (Phi) is 4.90. The Balaban J connectivity index is 1.79. The average molecular weight is 418 g/mol. The molecule has 0 saturated carbocycles. The summed E-state index contributed by atoms with van der Waals surface area (Å²) in [5.41, 5.74) is 1.90. The van der Waals surface area contributed by atoms with Gasteiger partial charge in [0.15, 0.2) is 11.5 Å². The number of carbonyl (C=O) groups is 2. The van der Waals surface area contributed by atoms with Gasteiger partial charge in [-0.15, -0.1) is 0 Å². The van der Waals surface area contributed by atoms with E-state index >= 15 is 0 Å². The molecule has 8 nitrogen and oxygen atoms in total. The molecule has 0 fully saturated rings. The van der Waals surface area contributed by atoms with E-state index in [1.807, 2.05) is 25.1 Å². The lowest BCUT2D eigenvalue weighted by molar-refractivity contribution is 0.0685. The quantitative estimate of drug-likeness (QED) is 0.664. The van der Waals surface area contributed by atoms with Crippen LogP contribution in [0.5, 0.6) is 0 Å². The number of hydrogen-bond acceptors (Lipinski definition) is 4. The number of aromatic carboxylic acids is 1. The number of carboxylic acids is 1. The van der Waals surface area contributed by atoms with Crippen LogP contribution in [0.1, 0.15) is 32.0 Å². The number of halogens is 1. The Morgan fingerprint density at radius 3 is 2.73 bits per heavy atom. The highest BCUT2D eigenvalue weighted by Gasteiger charge is 2.22. The Morgan fingerprint density at radius 2 is 2.04 bits per heavy atom. The van der Waals surface area contributed by atoms with Crippen molar-refractivity contribution in [3.8, 4) is 0 Å². The molecule has 1 aromatic carbocycles. The first kappa shape index (κ1) is 17.9. The van der Waals surface area contributed by atoms with Crippen LogP contribution in [-0.2, 0) is 13.6 Å². The summed E-state index contributed by atoms with van der Waals surface area (Å²) in [5, 5.41) is 19.9. The van der Waals surface area contributed by atoms with Crippen LogP contribution in [0, 0.1) is 6.92 Å². The van der Waals surface area contributed by atoms with E-state index in [1.165, 1.54) is 10.9 Å². The number of nitrogens with one attached hydrogen (secondary N) is 1. The summed E-state index contributed by atoms with van der Waals surface area (Å²) >= 11 is 3.36. The molecule has 0 unspecified atom stereocenters. The topological polar surface area (TPSA) is 102 Å². The van der Waals surface area contributed by atoms with E-state index in [-0.39, 0.29) is 11.3 Å². The fourth-order valence-electron chi connectivity index (χ4n) is 2.55. The molecule has 26 heavy (non-hydrogen) atoms. The van der Waals surface area contributed by atoms with Crippen LogP contribution in [-0.4, -0.2) is 36.5 Å². The first-order valence-electron chi connectivity index (χ1n) is 7.70. The Bertz CT molecular complexity index is 992. The summed E-state index contributed by atoms with van der Waals surface area (Å²) in [6, 6.07) is 8.04. The van der Waals surface area contributed by atoms with Crippen molar-refractivity contribution in [3.63, 3.8) is 0 Å². The first-order chi connectivity index (χ1) is 12.3. The molecule has 3 rings (SSSR count). The lowest BCUT2D eigenvalue weighted by atomic mass is 10.1. The smallest absolute Gasteiger partial charge is 0.357 e. The van der Waals surface area contributed by atoms with Crippen molar-refractivity contribution in [1.29, 1.82) is 0 Å². The zero-order chi connectivity index (χ0) is 18.8. The standard InChI is InChI=1S/C17H16BrN5O3/c1-10-4-3-5-11(6-10)7-23-9-13(18)15(21-23)19-16(24)12-8-22(2)20-14(12)17(25)26/h3-6,8-9H,7H2,1-2H3,(H,25,26)(H,19,21,24). The predicted molar refractivity (Wildman–Crippen MR) is 98.3 cm³/mol. The Hall–Kier alpha value is -2.94. The molecular weight excluding hydrogens is 402 g/mol. The number of anilines is 1. The van der Waals surface area contributed by atoms with Crippen LogP contribution in [0.25, 0.3) is 0 Å². The highest BCUT2D eigenvalue weighted by molar-refractivity contribution is 9.10. The fourth-order valence-corrected chi connectivity index (χ4v) is 2.96. The Labute approximate surface area is 157 Å². The molecule has 0 radical (unpaired) electrons. The summed E-state index contributed by atoms with van der Waals surface area (Å²) in [5.74, 6) is -1.54. The Morgan fingerprint density at radius 1 is 1.27 bits per heavy atom. The van der Waals surface area contributed by atoms with Crippen molar-refractivity contribution >= 4 is 33.6 Å². The molecule has 0 spiro atoms. The molecule has 0 bridgehead atoms. The zero-order valence-corrected chi connectivity index (χ0v) is 15.7. The summed E-state index contributed by atoms with van der Waals surface area (Å²) in [6.07, 6.45) is 3.11. The van der Waals surface area contributed by atoms with E-state index in [0.29, 0.717) is 16.8 Å². The maximum absolute atomic E-state index is 12.4. The van der Waals surface area contributed by atoms with E-state index in [0.717, 1.165) is 11.1 Å². The summed E-state index contributed by atoms with van der Waals surface area (Å²) < 4.78 is 3.57. The number of benzene rings is 1. The van der Waals surface area contributed by atoms with Crippen molar-refractivity contribution in [2.75, 3.05) is 5.32 Å². The number of nitrogens with zero attached hydrogens (tertiary/aromatic N) is 4. The maximum atomic E-state index is 12.4. The predicted octanol–water partition coefficient (Wildman–Crippen LogP) is 2.69. The molecule has 134 valence electrons. The van der Waals surface area contributed by atoms with Gasteiger partial charge >= 0.3 is 5.97 Å². The molecule has 2 N–H and O–H groups in total. The lowest BCUT2D eigenvalue weighted by Crippen LogP contribution is -2.16. The van der Waals surface area contributed by atoms with Gasteiger partial charge in [-0.25, -0.2) is 4.79 Å². The molecule has 9 heteroatoms. The number of hydrogen-bond donors (Lipinski definition) is 2. The second-order valence-electron chi connectivity index (χ2n) is 5.84.